The van der Waals surface area contributed by atoms with Gasteiger partial charge in [0.15, 0.2) is 0 Å². The molecule has 0 atom stereocenters. The van der Waals surface area contributed by atoms with Crippen LogP contribution in [0.25, 0.3) is 11.1 Å². The summed E-state index contributed by atoms with van der Waals surface area (Å²) in [5.74, 6) is 0.465. The van der Waals surface area contributed by atoms with Gasteiger partial charge in [-0.15, -0.1) is 0 Å². The third-order valence-electron chi connectivity index (χ3n) is 5.43. The van der Waals surface area contributed by atoms with Crippen molar-refractivity contribution in [1.82, 2.24) is 0 Å². The average Bonchev–Trinajstić information content (AvgIpc) is 2.74. The Labute approximate surface area is 178 Å². The molecule has 0 saturated carbocycles. The Kier molecular flexibility index (Phi) is 5.58. The highest BCUT2D eigenvalue weighted by molar-refractivity contribution is 5.79. The van der Waals surface area contributed by atoms with Crippen LogP contribution in [0.15, 0.2) is 84.9 Å². The lowest BCUT2D eigenvalue weighted by Crippen LogP contribution is -1.96. The van der Waals surface area contributed by atoms with E-state index in [1.54, 1.807) is 0 Å². The quantitative estimate of drug-likeness (QED) is 0.402. The number of hydrogen-bond acceptors (Lipinski definition) is 2. The van der Waals surface area contributed by atoms with Gasteiger partial charge in [0, 0.05) is 24.0 Å². The monoisotopic (exact) mass is 394 g/mol. The second-order valence-corrected chi connectivity index (χ2v) is 7.97. The van der Waals surface area contributed by atoms with Crippen LogP contribution in [0.2, 0.25) is 0 Å². The molecule has 2 heteroatoms. The van der Waals surface area contributed by atoms with Crippen LogP contribution in [0.1, 0.15) is 33.4 Å². The Morgan fingerprint density at radius 1 is 0.533 bits per heavy atom. The fourth-order valence-corrected chi connectivity index (χ4v) is 4.02. The molecule has 150 valence electrons. The molecular formula is C28H26O2. The largest absolute Gasteiger partial charge is 0.507 e. The smallest absolute Gasteiger partial charge is 0.127 e. The van der Waals surface area contributed by atoms with Crippen LogP contribution in [0.4, 0.5) is 0 Å². The molecule has 0 bridgehead atoms. The molecule has 4 rings (SSSR count). The average molecular weight is 395 g/mol. The lowest BCUT2D eigenvalue weighted by Gasteiger charge is -2.16. The SMILES string of the molecule is Cc1cc(Cc2ccccc2)c(O)c(-c2cc(C)cc(Cc3ccccc3)c2O)c1. The van der Waals surface area contributed by atoms with E-state index in [0.29, 0.717) is 24.0 Å². The maximum absolute atomic E-state index is 11.1. The minimum absolute atomic E-state index is 0.232. The summed E-state index contributed by atoms with van der Waals surface area (Å²) >= 11 is 0. The first-order valence-electron chi connectivity index (χ1n) is 10.2. The molecule has 4 aromatic rings. The third kappa shape index (κ3) is 4.23. The molecule has 30 heavy (non-hydrogen) atoms. The van der Waals surface area contributed by atoms with Gasteiger partial charge < -0.3 is 10.2 Å². The van der Waals surface area contributed by atoms with Crippen LogP contribution in [0.5, 0.6) is 11.5 Å². The fraction of sp³-hybridized carbons (Fsp3) is 0.143. The molecule has 0 aliphatic heterocycles. The van der Waals surface area contributed by atoms with Gasteiger partial charge in [0.2, 0.25) is 0 Å². The molecule has 0 aromatic heterocycles. The van der Waals surface area contributed by atoms with Crippen LogP contribution < -0.4 is 0 Å². The summed E-state index contributed by atoms with van der Waals surface area (Å²) in [5, 5.41) is 22.2. The maximum Gasteiger partial charge on any atom is 0.127 e. The zero-order chi connectivity index (χ0) is 21.1. The highest BCUT2D eigenvalue weighted by Gasteiger charge is 2.17. The minimum Gasteiger partial charge on any atom is -0.507 e. The van der Waals surface area contributed by atoms with E-state index >= 15 is 0 Å². The minimum atomic E-state index is 0.232. The first kappa shape index (κ1) is 19.8. The van der Waals surface area contributed by atoms with Crippen molar-refractivity contribution < 1.29 is 10.2 Å². The molecule has 0 amide bonds. The Morgan fingerprint density at radius 2 is 0.900 bits per heavy atom. The van der Waals surface area contributed by atoms with Gasteiger partial charge in [-0.05, 0) is 59.4 Å². The first-order chi connectivity index (χ1) is 14.5. The summed E-state index contributed by atoms with van der Waals surface area (Å²) in [6, 6.07) is 28.2. The van der Waals surface area contributed by atoms with Crippen molar-refractivity contribution in [2.75, 3.05) is 0 Å². The van der Waals surface area contributed by atoms with Gasteiger partial charge in [-0.1, -0.05) is 72.8 Å². The maximum atomic E-state index is 11.1. The number of aryl methyl sites for hydroxylation is 2. The van der Waals surface area contributed by atoms with E-state index in [0.717, 1.165) is 33.4 Å². The molecule has 0 aliphatic rings. The first-order valence-corrected chi connectivity index (χ1v) is 10.2. The molecule has 0 fully saturated rings. The summed E-state index contributed by atoms with van der Waals surface area (Å²) in [7, 11) is 0. The predicted molar refractivity (Wildman–Crippen MR) is 123 cm³/mol. The van der Waals surface area contributed by atoms with Crippen LogP contribution in [-0.2, 0) is 12.8 Å². The zero-order valence-corrected chi connectivity index (χ0v) is 17.4. The van der Waals surface area contributed by atoms with Crippen molar-refractivity contribution in [3.05, 3.63) is 118 Å². The van der Waals surface area contributed by atoms with E-state index in [9.17, 15) is 10.2 Å². The van der Waals surface area contributed by atoms with E-state index in [1.807, 2.05) is 74.5 Å². The van der Waals surface area contributed by atoms with Crippen molar-refractivity contribution in [2.45, 2.75) is 26.7 Å². The van der Waals surface area contributed by atoms with E-state index in [4.69, 9.17) is 0 Å². The highest BCUT2D eigenvalue weighted by atomic mass is 16.3. The number of benzene rings is 4. The van der Waals surface area contributed by atoms with Crippen molar-refractivity contribution in [1.29, 1.82) is 0 Å². The van der Waals surface area contributed by atoms with E-state index < -0.39 is 0 Å². The normalized spacial score (nSPS) is 10.9. The second kappa shape index (κ2) is 8.46. The Bertz CT molecular complexity index is 1070. The number of aromatic hydroxyl groups is 2. The van der Waals surface area contributed by atoms with E-state index in [2.05, 4.69) is 24.3 Å². The zero-order valence-electron chi connectivity index (χ0n) is 17.4. The lowest BCUT2D eigenvalue weighted by molar-refractivity contribution is 0.463. The Hall–Kier alpha value is -3.52. The van der Waals surface area contributed by atoms with Crippen molar-refractivity contribution in [2.24, 2.45) is 0 Å². The standard InChI is InChI=1S/C28H26O2/c1-19-13-23(17-21-9-5-3-6-10-21)27(29)25(15-19)26-16-20(2)14-24(28(26)30)18-22-11-7-4-8-12-22/h3-16,29-30H,17-18H2,1-2H3. The number of phenols is 2. The third-order valence-corrected chi connectivity index (χ3v) is 5.43. The number of phenolic OH excluding ortho intramolecular Hbond substituents is 2. The molecule has 0 heterocycles. The molecule has 0 unspecified atom stereocenters. The van der Waals surface area contributed by atoms with Crippen molar-refractivity contribution in [3.63, 3.8) is 0 Å². The van der Waals surface area contributed by atoms with Crippen LogP contribution in [-0.4, -0.2) is 10.2 Å². The summed E-state index contributed by atoms with van der Waals surface area (Å²) < 4.78 is 0. The van der Waals surface area contributed by atoms with Crippen LogP contribution >= 0.6 is 0 Å². The van der Waals surface area contributed by atoms with Gasteiger partial charge in [0.1, 0.15) is 11.5 Å². The second-order valence-electron chi connectivity index (χ2n) is 7.97. The van der Waals surface area contributed by atoms with Gasteiger partial charge in [0.25, 0.3) is 0 Å². The van der Waals surface area contributed by atoms with Crippen LogP contribution in [0, 0.1) is 13.8 Å². The topological polar surface area (TPSA) is 40.5 Å². The van der Waals surface area contributed by atoms with Crippen molar-refractivity contribution in [3.8, 4) is 22.6 Å². The Balaban J connectivity index is 1.78. The lowest BCUT2D eigenvalue weighted by atomic mass is 9.91. The summed E-state index contributed by atoms with van der Waals surface area (Å²) in [6.07, 6.45) is 1.29. The van der Waals surface area contributed by atoms with Gasteiger partial charge in [-0.25, -0.2) is 0 Å². The summed E-state index contributed by atoms with van der Waals surface area (Å²) in [6.45, 7) is 4.05. The van der Waals surface area contributed by atoms with Gasteiger partial charge in [-0.3, -0.25) is 0 Å². The van der Waals surface area contributed by atoms with Gasteiger partial charge in [0.05, 0.1) is 0 Å². The predicted octanol–water partition coefficient (Wildman–Crippen LogP) is 6.56. The highest BCUT2D eigenvalue weighted by Crippen LogP contribution is 2.41. The van der Waals surface area contributed by atoms with E-state index in [1.165, 1.54) is 0 Å². The van der Waals surface area contributed by atoms with E-state index in [-0.39, 0.29) is 11.5 Å². The summed E-state index contributed by atoms with van der Waals surface area (Å²) in [5.41, 5.74) is 7.47. The molecule has 0 radical (unpaired) electrons. The molecule has 0 aliphatic carbocycles. The molecular weight excluding hydrogens is 368 g/mol. The van der Waals surface area contributed by atoms with Gasteiger partial charge in [-0.2, -0.15) is 0 Å². The van der Waals surface area contributed by atoms with Gasteiger partial charge >= 0.3 is 0 Å². The van der Waals surface area contributed by atoms with Crippen molar-refractivity contribution >= 4 is 0 Å². The molecule has 0 saturated heterocycles. The number of rotatable bonds is 5. The molecule has 2 N–H and O–H groups in total. The molecule has 0 spiro atoms. The van der Waals surface area contributed by atoms with Crippen LogP contribution in [0.3, 0.4) is 0 Å². The summed E-state index contributed by atoms with van der Waals surface area (Å²) in [4.78, 5) is 0. The molecule has 2 nitrogen and oxygen atoms in total. The molecule has 4 aromatic carbocycles. The Morgan fingerprint density at radius 3 is 1.27 bits per heavy atom. The number of hydrogen-bond donors (Lipinski definition) is 2. The fourth-order valence-electron chi connectivity index (χ4n) is 4.02.